The molecule has 5 aromatic rings. The quantitative estimate of drug-likeness (QED) is 0.158. The van der Waals surface area contributed by atoms with E-state index in [-0.39, 0.29) is 5.56 Å². The van der Waals surface area contributed by atoms with Gasteiger partial charge in [0.15, 0.2) is 0 Å². The van der Waals surface area contributed by atoms with Gasteiger partial charge in [-0.25, -0.2) is 0 Å². The summed E-state index contributed by atoms with van der Waals surface area (Å²) in [6.07, 6.45) is -1.01. The van der Waals surface area contributed by atoms with Crippen LogP contribution in [0.2, 0.25) is 0 Å². The molecule has 298 valence electrons. The molecule has 0 unspecified atom stereocenters. The van der Waals surface area contributed by atoms with Crippen molar-refractivity contribution in [3.8, 4) is 34.0 Å². The zero-order chi connectivity index (χ0) is 39.5. The Morgan fingerprint density at radius 1 is 0.732 bits per heavy atom. The summed E-state index contributed by atoms with van der Waals surface area (Å²) < 4.78 is 64.7. The summed E-state index contributed by atoms with van der Waals surface area (Å²) >= 11 is 0. The van der Waals surface area contributed by atoms with Crippen LogP contribution in [0.3, 0.4) is 0 Å². The molecule has 2 saturated heterocycles. The molecular formula is C40H47F3N8O5. The van der Waals surface area contributed by atoms with Crippen molar-refractivity contribution >= 4 is 17.3 Å². The highest BCUT2D eigenvalue weighted by Gasteiger charge is 2.30. The molecule has 0 aliphatic carbocycles. The van der Waals surface area contributed by atoms with Crippen molar-refractivity contribution in [2.24, 2.45) is 14.1 Å². The average molecular weight is 777 g/mol. The van der Waals surface area contributed by atoms with E-state index in [1.54, 1.807) is 42.3 Å². The van der Waals surface area contributed by atoms with Crippen molar-refractivity contribution in [1.29, 1.82) is 0 Å². The van der Waals surface area contributed by atoms with Crippen LogP contribution in [-0.4, -0.2) is 114 Å². The molecule has 13 nitrogen and oxygen atoms in total. The Hall–Kier alpha value is -5.42. The Bertz CT molecular complexity index is 2020. The van der Waals surface area contributed by atoms with Crippen LogP contribution in [-0.2, 0) is 29.7 Å². The number of nitrogens with one attached hydrogen (secondary N) is 1. The first-order valence-electron chi connectivity index (χ1n) is 18.4. The molecule has 4 heterocycles. The van der Waals surface area contributed by atoms with Gasteiger partial charge in [-0.05, 0) is 72.8 Å². The molecule has 0 saturated carbocycles. The Morgan fingerprint density at radius 3 is 1.71 bits per heavy atom. The number of hydrogen-bond acceptors (Lipinski definition) is 10. The number of rotatable bonds is 12. The van der Waals surface area contributed by atoms with Crippen LogP contribution < -0.4 is 20.5 Å². The van der Waals surface area contributed by atoms with Crippen LogP contribution in [0.4, 0.5) is 24.5 Å². The fourth-order valence-electron chi connectivity index (χ4n) is 6.32. The molecule has 0 spiro atoms. The number of morpholine rings is 2. The van der Waals surface area contributed by atoms with E-state index < -0.39 is 17.6 Å². The van der Waals surface area contributed by atoms with E-state index in [1.165, 1.54) is 0 Å². The first kappa shape index (κ1) is 40.2. The minimum Gasteiger partial charge on any atom is -0.492 e. The van der Waals surface area contributed by atoms with Crippen LogP contribution in [0, 0.1) is 0 Å². The van der Waals surface area contributed by atoms with Gasteiger partial charge in [0.05, 0.1) is 43.4 Å². The maximum absolute atomic E-state index is 12.8. The number of aryl methyl sites for hydroxylation is 2. The molecule has 0 atom stereocenters. The number of ether oxygens (including phenoxy) is 4. The zero-order valence-corrected chi connectivity index (χ0v) is 31.5. The summed E-state index contributed by atoms with van der Waals surface area (Å²) in [6.45, 7) is 9.53. The predicted octanol–water partition coefficient (Wildman–Crippen LogP) is 5.45. The summed E-state index contributed by atoms with van der Waals surface area (Å²) in [5.74, 6) is 0.973. The molecule has 3 aromatic carbocycles. The number of anilines is 2. The topological polar surface area (TPSA) is 134 Å². The van der Waals surface area contributed by atoms with Crippen molar-refractivity contribution in [2.45, 2.75) is 6.18 Å². The minimum absolute atomic E-state index is 0.126. The van der Waals surface area contributed by atoms with Crippen LogP contribution in [0.15, 0.2) is 85.2 Å². The van der Waals surface area contributed by atoms with Gasteiger partial charge in [-0.1, -0.05) is 0 Å². The zero-order valence-electron chi connectivity index (χ0n) is 31.5. The Kier molecular flexibility index (Phi) is 13.6. The van der Waals surface area contributed by atoms with E-state index in [4.69, 9.17) is 24.7 Å². The predicted molar refractivity (Wildman–Crippen MR) is 207 cm³/mol. The second-order valence-corrected chi connectivity index (χ2v) is 13.3. The highest BCUT2D eigenvalue weighted by molar-refractivity contribution is 6.04. The van der Waals surface area contributed by atoms with Crippen LogP contribution >= 0.6 is 0 Å². The van der Waals surface area contributed by atoms with E-state index >= 15 is 0 Å². The molecule has 2 aliphatic rings. The van der Waals surface area contributed by atoms with Crippen molar-refractivity contribution in [3.63, 3.8) is 0 Å². The average Bonchev–Trinajstić information content (AvgIpc) is 3.84. The van der Waals surface area contributed by atoms with E-state index in [9.17, 15) is 18.0 Å². The van der Waals surface area contributed by atoms with Gasteiger partial charge in [-0.3, -0.25) is 24.0 Å². The standard InChI is InChI=1S/C24H25F3N4O3.C16H22N4O2/c1-30-21(8-9-28-30)20-16-19(6-7-22(20)34-15-12-31-10-13-33-14-11-31)29-23(32)17-2-4-18(5-3-17)24(25,26)27;1-19-15(4-5-18-19)14-12-13(17)2-3-16(14)22-11-8-20-6-9-21-10-7-20/h2-9,16H,10-15H2,1H3,(H,29,32);2-5,12H,6-11,17H2,1H3. The van der Waals surface area contributed by atoms with Crippen LogP contribution in [0.5, 0.6) is 11.5 Å². The van der Waals surface area contributed by atoms with E-state index in [1.807, 2.05) is 42.1 Å². The third-order valence-corrected chi connectivity index (χ3v) is 9.45. The number of nitrogen functional groups attached to an aromatic ring is 1. The minimum atomic E-state index is -4.45. The summed E-state index contributed by atoms with van der Waals surface area (Å²) in [5.41, 5.74) is 9.96. The number of halogens is 3. The Balaban J connectivity index is 0.000000208. The van der Waals surface area contributed by atoms with Crippen molar-refractivity contribution < 1.29 is 36.9 Å². The van der Waals surface area contributed by atoms with Gasteiger partial charge in [-0.2, -0.15) is 23.4 Å². The number of aromatic nitrogens is 4. The van der Waals surface area contributed by atoms with E-state index in [2.05, 4.69) is 25.3 Å². The Morgan fingerprint density at radius 2 is 1.23 bits per heavy atom. The fourth-order valence-corrected chi connectivity index (χ4v) is 6.32. The summed E-state index contributed by atoms with van der Waals surface area (Å²) in [7, 11) is 3.72. The summed E-state index contributed by atoms with van der Waals surface area (Å²) in [4.78, 5) is 17.2. The maximum atomic E-state index is 12.8. The third-order valence-electron chi connectivity index (χ3n) is 9.45. The lowest BCUT2D eigenvalue weighted by molar-refractivity contribution is -0.137. The highest BCUT2D eigenvalue weighted by atomic mass is 19.4. The monoisotopic (exact) mass is 776 g/mol. The molecule has 3 N–H and O–H groups in total. The lowest BCUT2D eigenvalue weighted by Crippen LogP contribution is -2.38. The number of amides is 1. The lowest BCUT2D eigenvalue weighted by Gasteiger charge is -2.26. The number of nitrogens with zero attached hydrogens (tertiary/aromatic N) is 6. The van der Waals surface area contributed by atoms with Gasteiger partial charge in [0.2, 0.25) is 0 Å². The molecule has 7 rings (SSSR count). The molecule has 1 amide bonds. The maximum Gasteiger partial charge on any atom is 0.416 e. The molecule has 2 aliphatic heterocycles. The van der Waals surface area contributed by atoms with Crippen LogP contribution in [0.25, 0.3) is 22.5 Å². The normalized spacial score (nSPS) is 15.2. The van der Waals surface area contributed by atoms with Gasteiger partial charge in [0.25, 0.3) is 5.91 Å². The number of carbonyl (C=O) groups excluding carboxylic acids is 1. The van der Waals surface area contributed by atoms with Crippen molar-refractivity contribution in [1.82, 2.24) is 29.4 Å². The van der Waals surface area contributed by atoms with Gasteiger partial charge >= 0.3 is 6.18 Å². The number of benzene rings is 3. The number of nitrogens with two attached hydrogens (primary N) is 1. The van der Waals surface area contributed by atoms with E-state index in [0.717, 1.165) is 111 Å². The van der Waals surface area contributed by atoms with Crippen molar-refractivity contribution in [3.05, 3.63) is 96.3 Å². The smallest absolute Gasteiger partial charge is 0.416 e. The second-order valence-electron chi connectivity index (χ2n) is 13.3. The molecule has 0 radical (unpaired) electrons. The molecule has 0 bridgehead atoms. The van der Waals surface area contributed by atoms with Gasteiger partial charge in [0.1, 0.15) is 24.7 Å². The first-order chi connectivity index (χ1) is 27.0. The number of alkyl halides is 3. The largest absolute Gasteiger partial charge is 0.492 e. The number of carbonyl (C=O) groups is 1. The van der Waals surface area contributed by atoms with Gasteiger partial charge in [-0.15, -0.1) is 0 Å². The van der Waals surface area contributed by atoms with Crippen LogP contribution in [0.1, 0.15) is 15.9 Å². The highest BCUT2D eigenvalue weighted by Crippen LogP contribution is 2.34. The lowest BCUT2D eigenvalue weighted by atomic mass is 10.1. The molecule has 2 aromatic heterocycles. The molecule has 16 heteroatoms. The van der Waals surface area contributed by atoms with Gasteiger partial charge in [0, 0.05) is 93.8 Å². The summed E-state index contributed by atoms with van der Waals surface area (Å²) in [5, 5.41) is 11.2. The molecular weight excluding hydrogens is 729 g/mol. The third kappa shape index (κ3) is 10.9. The van der Waals surface area contributed by atoms with Gasteiger partial charge < -0.3 is 30.0 Å². The SMILES string of the molecule is Cn1nccc1-c1cc(N)ccc1OCCN1CCOCC1.Cn1nccc1-c1cc(NC(=O)c2ccc(C(F)(F)F)cc2)ccc1OCCN1CCOCC1. The Labute approximate surface area is 323 Å². The molecule has 56 heavy (non-hydrogen) atoms. The van der Waals surface area contributed by atoms with E-state index in [0.29, 0.717) is 37.9 Å². The number of hydrogen-bond donors (Lipinski definition) is 2. The second kappa shape index (κ2) is 18.9. The first-order valence-corrected chi connectivity index (χ1v) is 18.4. The molecule has 2 fully saturated rings. The fraction of sp³-hybridized carbons (Fsp3) is 0.375. The summed E-state index contributed by atoms with van der Waals surface area (Å²) in [6, 6.07) is 18.9. The van der Waals surface area contributed by atoms with Crippen molar-refractivity contribution in [2.75, 3.05) is 90.0 Å².